The summed E-state index contributed by atoms with van der Waals surface area (Å²) in [4.78, 5) is 17.0. The number of amides is 1. The van der Waals surface area contributed by atoms with Crippen molar-refractivity contribution in [3.05, 3.63) is 46.5 Å². The number of rotatable bonds is 6. The Kier molecular flexibility index (Phi) is 5.66. The van der Waals surface area contributed by atoms with E-state index in [1.807, 2.05) is 41.8 Å². The molecule has 1 aromatic carbocycles. The molecular formula is C20H27ClN6O. The minimum Gasteiger partial charge on any atom is -0.348 e. The molecule has 1 aromatic heterocycles. The molecule has 2 aliphatic heterocycles. The van der Waals surface area contributed by atoms with Gasteiger partial charge in [0.25, 0.3) is 5.91 Å². The van der Waals surface area contributed by atoms with Crippen molar-refractivity contribution in [2.75, 3.05) is 40.3 Å². The molecule has 1 fully saturated rings. The summed E-state index contributed by atoms with van der Waals surface area (Å²) >= 11 is 6.33. The number of aromatic nitrogens is 3. The predicted molar refractivity (Wildman–Crippen MR) is 108 cm³/mol. The number of carbonyl (C=O) groups is 1. The number of carbonyl (C=O) groups excluding carboxylic acids is 1. The molecule has 7 nitrogen and oxygen atoms in total. The Morgan fingerprint density at radius 2 is 2.00 bits per heavy atom. The van der Waals surface area contributed by atoms with E-state index in [0.717, 1.165) is 50.0 Å². The van der Waals surface area contributed by atoms with Crippen LogP contribution in [-0.4, -0.2) is 70.7 Å². The molecule has 0 aliphatic carbocycles. The zero-order valence-electron chi connectivity index (χ0n) is 16.4. The molecule has 0 unspecified atom stereocenters. The minimum atomic E-state index is -0.134. The Balaban J connectivity index is 1.40. The molecule has 0 radical (unpaired) electrons. The summed E-state index contributed by atoms with van der Waals surface area (Å²) in [5.74, 6) is 2.31. The zero-order valence-corrected chi connectivity index (χ0v) is 17.2. The summed E-state index contributed by atoms with van der Waals surface area (Å²) in [5.41, 5.74) is 1.17. The number of benzene rings is 1. The fourth-order valence-corrected chi connectivity index (χ4v) is 4.45. The molecule has 2 atom stereocenters. The predicted octanol–water partition coefficient (Wildman–Crippen LogP) is 1.53. The Morgan fingerprint density at radius 1 is 1.21 bits per heavy atom. The monoisotopic (exact) mass is 402 g/mol. The molecule has 8 heteroatoms. The van der Waals surface area contributed by atoms with Gasteiger partial charge in [0, 0.05) is 50.7 Å². The van der Waals surface area contributed by atoms with Gasteiger partial charge < -0.3 is 14.8 Å². The van der Waals surface area contributed by atoms with Crippen LogP contribution in [0.1, 0.15) is 22.0 Å². The Morgan fingerprint density at radius 3 is 2.79 bits per heavy atom. The van der Waals surface area contributed by atoms with Gasteiger partial charge in [-0.05, 0) is 37.6 Å². The summed E-state index contributed by atoms with van der Waals surface area (Å²) in [5, 5.41) is 12.3. The molecule has 4 rings (SSSR count). The van der Waals surface area contributed by atoms with Gasteiger partial charge in [0.1, 0.15) is 5.82 Å². The fraction of sp³-hybridized carbons (Fsp3) is 0.550. The highest BCUT2D eigenvalue weighted by Gasteiger charge is 2.39. The van der Waals surface area contributed by atoms with E-state index in [9.17, 15) is 4.79 Å². The lowest BCUT2D eigenvalue weighted by atomic mass is 9.89. The first-order chi connectivity index (χ1) is 13.5. The zero-order chi connectivity index (χ0) is 19.7. The first kappa shape index (κ1) is 19.4. The largest absolute Gasteiger partial charge is 0.348 e. The molecule has 1 amide bonds. The average molecular weight is 403 g/mol. The second-order valence-electron chi connectivity index (χ2n) is 8.12. The summed E-state index contributed by atoms with van der Waals surface area (Å²) in [6.45, 7) is 5.12. The van der Waals surface area contributed by atoms with E-state index in [-0.39, 0.29) is 5.91 Å². The average Bonchev–Trinajstić information content (AvgIpc) is 3.23. The van der Waals surface area contributed by atoms with Crippen LogP contribution in [0.3, 0.4) is 0 Å². The van der Waals surface area contributed by atoms with Gasteiger partial charge in [0.2, 0.25) is 5.82 Å². The topological polar surface area (TPSA) is 66.3 Å². The third-order valence-electron chi connectivity index (χ3n) is 5.74. The second-order valence-corrected chi connectivity index (χ2v) is 8.53. The third kappa shape index (κ3) is 4.06. The number of likely N-dealkylation sites (N-methyl/N-ethyl adjacent to an activating group) is 1. The van der Waals surface area contributed by atoms with E-state index in [1.54, 1.807) is 0 Å². The maximum atomic E-state index is 12.5. The van der Waals surface area contributed by atoms with Crippen LogP contribution in [0.25, 0.3) is 0 Å². The number of nitrogens with one attached hydrogen (secondary N) is 1. The molecule has 1 N–H and O–H groups in total. The van der Waals surface area contributed by atoms with Gasteiger partial charge in [-0.15, -0.1) is 10.2 Å². The standard InChI is InChI=1S/C20H27ClN6O/c1-25(2)8-7-22-20(28)19-24-23-18-9-15-11-26(12-16(15)13-27(18)19)10-14-5-3-4-6-17(14)21/h3-6,15-16H,7-13H2,1-2H3,(H,22,28)/t15-,16+/m1/s1. The molecule has 28 heavy (non-hydrogen) atoms. The Labute approximate surface area is 170 Å². The quantitative estimate of drug-likeness (QED) is 0.793. The number of hydrogen-bond acceptors (Lipinski definition) is 5. The number of likely N-dealkylation sites (tertiary alicyclic amines) is 1. The van der Waals surface area contributed by atoms with Gasteiger partial charge in [0.15, 0.2) is 0 Å². The van der Waals surface area contributed by atoms with E-state index in [4.69, 9.17) is 11.6 Å². The molecule has 3 heterocycles. The number of hydrogen-bond donors (Lipinski definition) is 1. The summed E-state index contributed by atoms with van der Waals surface area (Å²) in [6.07, 6.45) is 0.877. The Bertz CT molecular complexity index is 851. The van der Waals surface area contributed by atoms with Crippen LogP contribution in [-0.2, 0) is 19.5 Å². The molecule has 150 valence electrons. The summed E-state index contributed by atoms with van der Waals surface area (Å²) in [7, 11) is 3.97. The van der Waals surface area contributed by atoms with Crippen molar-refractivity contribution in [3.8, 4) is 0 Å². The van der Waals surface area contributed by atoms with E-state index < -0.39 is 0 Å². The molecule has 1 saturated heterocycles. The molecule has 0 saturated carbocycles. The van der Waals surface area contributed by atoms with Crippen molar-refractivity contribution in [2.45, 2.75) is 19.5 Å². The SMILES string of the molecule is CN(C)CCNC(=O)c1nnc2n1C[C@@H]1CN(Cc3ccccc3Cl)C[C@H]1C2. The van der Waals surface area contributed by atoms with Crippen LogP contribution in [0, 0.1) is 11.8 Å². The molecular weight excluding hydrogens is 376 g/mol. The van der Waals surface area contributed by atoms with Crippen molar-refractivity contribution in [1.82, 2.24) is 29.9 Å². The maximum Gasteiger partial charge on any atom is 0.289 e. The summed E-state index contributed by atoms with van der Waals surface area (Å²) < 4.78 is 2.02. The second kappa shape index (κ2) is 8.19. The molecule has 0 spiro atoms. The van der Waals surface area contributed by atoms with E-state index in [1.165, 1.54) is 5.56 Å². The first-order valence-electron chi connectivity index (χ1n) is 9.82. The van der Waals surface area contributed by atoms with Crippen LogP contribution in [0.4, 0.5) is 0 Å². The lowest BCUT2D eigenvalue weighted by molar-refractivity contribution is 0.0932. The van der Waals surface area contributed by atoms with Gasteiger partial charge >= 0.3 is 0 Å². The maximum absolute atomic E-state index is 12.5. The molecule has 2 aromatic rings. The van der Waals surface area contributed by atoms with Crippen LogP contribution >= 0.6 is 11.6 Å². The van der Waals surface area contributed by atoms with E-state index in [0.29, 0.717) is 24.2 Å². The van der Waals surface area contributed by atoms with Crippen molar-refractivity contribution in [2.24, 2.45) is 11.8 Å². The minimum absolute atomic E-state index is 0.134. The normalized spacial score (nSPS) is 21.6. The highest BCUT2D eigenvalue weighted by molar-refractivity contribution is 6.31. The van der Waals surface area contributed by atoms with Gasteiger partial charge in [-0.2, -0.15) is 0 Å². The lowest BCUT2D eigenvalue weighted by Gasteiger charge is -2.25. The Hall–Kier alpha value is -1.96. The molecule has 0 bridgehead atoms. The number of halogens is 1. The summed E-state index contributed by atoms with van der Waals surface area (Å²) in [6, 6.07) is 8.04. The smallest absolute Gasteiger partial charge is 0.289 e. The number of nitrogens with zero attached hydrogens (tertiary/aromatic N) is 5. The van der Waals surface area contributed by atoms with Crippen molar-refractivity contribution in [3.63, 3.8) is 0 Å². The molecule has 2 aliphatic rings. The van der Waals surface area contributed by atoms with Crippen LogP contribution in [0.15, 0.2) is 24.3 Å². The first-order valence-corrected chi connectivity index (χ1v) is 10.2. The fourth-order valence-electron chi connectivity index (χ4n) is 4.26. The van der Waals surface area contributed by atoms with Gasteiger partial charge in [-0.25, -0.2) is 0 Å². The number of fused-ring (bicyclic) bond motifs is 2. The van der Waals surface area contributed by atoms with Crippen LogP contribution in [0.2, 0.25) is 5.02 Å². The van der Waals surface area contributed by atoms with E-state index in [2.05, 4.69) is 26.5 Å². The van der Waals surface area contributed by atoms with Crippen molar-refractivity contribution < 1.29 is 4.79 Å². The highest BCUT2D eigenvalue weighted by Crippen LogP contribution is 2.33. The van der Waals surface area contributed by atoms with E-state index >= 15 is 0 Å². The lowest BCUT2D eigenvalue weighted by Crippen LogP contribution is -2.35. The van der Waals surface area contributed by atoms with Gasteiger partial charge in [0.05, 0.1) is 0 Å². The van der Waals surface area contributed by atoms with Crippen LogP contribution in [0.5, 0.6) is 0 Å². The van der Waals surface area contributed by atoms with Crippen molar-refractivity contribution >= 4 is 17.5 Å². The highest BCUT2D eigenvalue weighted by atomic mass is 35.5. The van der Waals surface area contributed by atoms with Gasteiger partial charge in [-0.3, -0.25) is 9.69 Å². The van der Waals surface area contributed by atoms with Crippen molar-refractivity contribution in [1.29, 1.82) is 0 Å². The van der Waals surface area contributed by atoms with Crippen LogP contribution < -0.4 is 5.32 Å². The third-order valence-corrected chi connectivity index (χ3v) is 6.11. The van der Waals surface area contributed by atoms with Gasteiger partial charge in [-0.1, -0.05) is 29.8 Å².